The molecule has 0 saturated carbocycles. The third-order valence-corrected chi connectivity index (χ3v) is 8.82. The van der Waals surface area contributed by atoms with Crippen molar-refractivity contribution < 1.29 is 23.1 Å². The molecule has 0 saturated heterocycles. The van der Waals surface area contributed by atoms with Crippen molar-refractivity contribution in [3.8, 4) is 11.5 Å². The topological polar surface area (TPSA) is 54.0 Å². The third-order valence-electron chi connectivity index (χ3n) is 6.65. The lowest BCUT2D eigenvalue weighted by molar-refractivity contribution is 0.219. The molecule has 6 heteroatoms. The van der Waals surface area contributed by atoms with Gasteiger partial charge in [-0.25, -0.2) is 0 Å². The molecule has 0 aliphatic rings. The van der Waals surface area contributed by atoms with Gasteiger partial charge in [-0.15, -0.1) is 0 Å². The van der Waals surface area contributed by atoms with Gasteiger partial charge in [0.05, 0.1) is 33.1 Å². The highest BCUT2D eigenvalue weighted by atomic mass is 31.2. The predicted molar refractivity (Wildman–Crippen MR) is 158 cm³/mol. The van der Waals surface area contributed by atoms with E-state index in [0.717, 1.165) is 37.4 Å². The Morgan fingerprint density at radius 3 is 1.49 bits per heavy atom. The monoisotopic (exact) mass is 540 g/mol. The van der Waals surface area contributed by atoms with Crippen LogP contribution in [0.25, 0.3) is 0 Å². The Bertz CT molecular complexity index is 797. The first kappa shape index (κ1) is 34.0. The summed E-state index contributed by atoms with van der Waals surface area (Å²) in [6, 6.07) is 4.37. The van der Waals surface area contributed by atoms with Crippen LogP contribution in [0.2, 0.25) is 0 Å². The Balaban J connectivity index is 2.29. The molecule has 0 heterocycles. The predicted octanol–water partition coefficient (Wildman–Crippen LogP) is 9.84. The van der Waals surface area contributed by atoms with Crippen LogP contribution < -0.4 is 9.47 Å². The van der Waals surface area contributed by atoms with Crippen molar-refractivity contribution in [3.05, 3.63) is 23.3 Å². The van der Waals surface area contributed by atoms with Crippen LogP contribution in [0.15, 0.2) is 12.1 Å². The van der Waals surface area contributed by atoms with E-state index in [1.54, 1.807) is 7.11 Å². The van der Waals surface area contributed by atoms with Gasteiger partial charge in [-0.1, -0.05) is 92.9 Å². The molecule has 37 heavy (non-hydrogen) atoms. The van der Waals surface area contributed by atoms with E-state index in [4.69, 9.17) is 18.5 Å². The van der Waals surface area contributed by atoms with Crippen molar-refractivity contribution >= 4 is 7.60 Å². The summed E-state index contributed by atoms with van der Waals surface area (Å²) < 4.78 is 35.3. The van der Waals surface area contributed by atoms with E-state index in [9.17, 15) is 4.57 Å². The van der Waals surface area contributed by atoms with Crippen molar-refractivity contribution in [1.29, 1.82) is 0 Å². The Morgan fingerprint density at radius 2 is 1.05 bits per heavy atom. The fraction of sp³-hybridized carbons (Fsp3) is 0.806. The van der Waals surface area contributed by atoms with Crippen LogP contribution in [-0.2, 0) is 24.4 Å². The van der Waals surface area contributed by atoms with Crippen molar-refractivity contribution in [2.45, 2.75) is 130 Å². The Labute approximate surface area is 228 Å². The van der Waals surface area contributed by atoms with Gasteiger partial charge in [0.2, 0.25) is 0 Å². The molecule has 0 aliphatic carbocycles. The molecule has 0 aromatic heterocycles. The van der Waals surface area contributed by atoms with Gasteiger partial charge in [0.1, 0.15) is 11.5 Å². The molecule has 0 atom stereocenters. The second-order valence-electron chi connectivity index (χ2n) is 12.1. The Morgan fingerprint density at radius 1 is 0.649 bits per heavy atom. The summed E-state index contributed by atoms with van der Waals surface area (Å²) in [5.41, 5.74) is 2.38. The largest absolute Gasteiger partial charge is 0.496 e. The van der Waals surface area contributed by atoms with Gasteiger partial charge >= 0.3 is 7.60 Å². The number of benzene rings is 1. The van der Waals surface area contributed by atoms with Crippen molar-refractivity contribution in [3.63, 3.8) is 0 Å². The molecule has 0 N–H and O–H groups in total. The van der Waals surface area contributed by atoms with E-state index in [-0.39, 0.29) is 10.8 Å². The van der Waals surface area contributed by atoms with E-state index >= 15 is 0 Å². The van der Waals surface area contributed by atoms with Crippen LogP contribution in [0, 0.1) is 0 Å². The number of unbranched alkanes of at least 4 members (excludes halogenated alkanes) is 9. The molecular weight excluding hydrogens is 483 g/mol. The van der Waals surface area contributed by atoms with Crippen LogP contribution in [0.3, 0.4) is 0 Å². The van der Waals surface area contributed by atoms with Gasteiger partial charge in [0.15, 0.2) is 0 Å². The SMILES string of the molecule is CCOP(=O)(CCCCCCCCCCCCOc1cc(C(C)(C)C)c(OC)cc1C(C)(C)C)OCC. The summed E-state index contributed by atoms with van der Waals surface area (Å²) in [6.45, 7) is 18.7. The van der Waals surface area contributed by atoms with Crippen LogP contribution in [0.5, 0.6) is 11.5 Å². The van der Waals surface area contributed by atoms with E-state index in [1.165, 1.54) is 56.1 Å². The molecule has 1 aromatic carbocycles. The molecule has 0 fully saturated rings. The average molecular weight is 541 g/mol. The van der Waals surface area contributed by atoms with Gasteiger partial charge in [-0.2, -0.15) is 0 Å². The van der Waals surface area contributed by atoms with E-state index in [1.807, 2.05) is 13.8 Å². The average Bonchev–Trinajstić information content (AvgIpc) is 2.80. The number of ether oxygens (including phenoxy) is 2. The fourth-order valence-corrected chi connectivity index (χ4v) is 6.31. The normalized spacial score (nSPS) is 12.7. The second kappa shape index (κ2) is 16.8. The van der Waals surface area contributed by atoms with Gasteiger partial charge in [-0.3, -0.25) is 4.57 Å². The highest BCUT2D eigenvalue weighted by Gasteiger charge is 2.26. The van der Waals surface area contributed by atoms with Gasteiger partial charge in [0, 0.05) is 11.1 Å². The summed E-state index contributed by atoms with van der Waals surface area (Å²) >= 11 is 0. The van der Waals surface area contributed by atoms with Gasteiger partial charge in [0.25, 0.3) is 0 Å². The molecular formula is C31H57O5P. The van der Waals surface area contributed by atoms with Gasteiger partial charge < -0.3 is 18.5 Å². The third kappa shape index (κ3) is 13.1. The molecule has 1 rings (SSSR count). The summed E-state index contributed by atoms with van der Waals surface area (Å²) in [4.78, 5) is 0. The molecule has 0 unspecified atom stereocenters. The lowest BCUT2D eigenvalue weighted by Gasteiger charge is -2.28. The Hall–Kier alpha value is -1.03. The van der Waals surface area contributed by atoms with E-state index < -0.39 is 7.60 Å². The van der Waals surface area contributed by atoms with Crippen molar-refractivity contribution in [2.24, 2.45) is 0 Å². The minimum absolute atomic E-state index is 0.00514. The maximum absolute atomic E-state index is 12.5. The van der Waals surface area contributed by atoms with Crippen molar-refractivity contribution in [1.82, 2.24) is 0 Å². The highest BCUT2D eigenvalue weighted by molar-refractivity contribution is 7.53. The van der Waals surface area contributed by atoms with Crippen molar-refractivity contribution in [2.75, 3.05) is 33.1 Å². The zero-order valence-corrected chi connectivity index (χ0v) is 26.4. The molecule has 0 bridgehead atoms. The standard InChI is InChI=1S/C31H57O5P/c1-10-35-37(32,36-11-2)23-21-19-17-15-13-12-14-16-18-20-22-34-29-25-26(30(3,4)5)28(33-9)24-27(29)31(6,7)8/h24-25H,10-23H2,1-9H3. The maximum atomic E-state index is 12.5. The lowest BCUT2D eigenvalue weighted by atomic mass is 9.81. The smallest absolute Gasteiger partial charge is 0.330 e. The van der Waals surface area contributed by atoms with Crippen LogP contribution in [0.1, 0.15) is 131 Å². The lowest BCUT2D eigenvalue weighted by Crippen LogP contribution is -2.18. The molecule has 5 nitrogen and oxygen atoms in total. The molecule has 1 aromatic rings. The zero-order chi connectivity index (χ0) is 28.0. The zero-order valence-electron chi connectivity index (χ0n) is 25.5. The first-order valence-electron chi connectivity index (χ1n) is 14.6. The number of methoxy groups -OCH3 is 1. The molecule has 0 spiro atoms. The summed E-state index contributed by atoms with van der Waals surface area (Å²) in [5.74, 6) is 1.94. The summed E-state index contributed by atoms with van der Waals surface area (Å²) in [7, 11) is -1.11. The van der Waals surface area contributed by atoms with Crippen LogP contribution in [0.4, 0.5) is 0 Å². The number of hydrogen-bond donors (Lipinski definition) is 0. The first-order valence-corrected chi connectivity index (χ1v) is 16.3. The summed E-state index contributed by atoms with van der Waals surface area (Å²) in [6.07, 6.45) is 12.4. The molecule has 0 amide bonds. The molecule has 0 radical (unpaired) electrons. The van der Waals surface area contributed by atoms with Gasteiger partial charge in [-0.05, 0) is 49.7 Å². The Kier molecular flexibility index (Phi) is 15.5. The maximum Gasteiger partial charge on any atom is 0.330 e. The van der Waals surface area contributed by atoms with Crippen LogP contribution in [-0.4, -0.2) is 33.1 Å². The minimum atomic E-state index is -2.86. The minimum Gasteiger partial charge on any atom is -0.496 e. The number of rotatable bonds is 19. The second-order valence-corrected chi connectivity index (χ2v) is 14.3. The van der Waals surface area contributed by atoms with Crippen LogP contribution >= 0.6 is 7.60 Å². The van der Waals surface area contributed by atoms with E-state index in [0.29, 0.717) is 19.4 Å². The molecule has 216 valence electrons. The highest BCUT2D eigenvalue weighted by Crippen LogP contribution is 2.48. The van der Waals surface area contributed by atoms with E-state index in [2.05, 4.69) is 53.7 Å². The summed E-state index contributed by atoms with van der Waals surface area (Å²) in [5, 5.41) is 0. The number of hydrogen-bond acceptors (Lipinski definition) is 5. The molecule has 0 aliphatic heterocycles. The first-order chi connectivity index (χ1) is 17.4. The fourth-order valence-electron chi connectivity index (χ4n) is 4.58. The quantitative estimate of drug-likeness (QED) is 0.129.